The van der Waals surface area contributed by atoms with Crippen molar-refractivity contribution in [1.29, 1.82) is 0 Å². The Kier molecular flexibility index (Phi) is 4.71. The van der Waals surface area contributed by atoms with Gasteiger partial charge in [0, 0.05) is 18.1 Å². The Bertz CT molecular complexity index is 1050. The lowest BCUT2D eigenvalue weighted by Crippen LogP contribution is -2.44. The van der Waals surface area contributed by atoms with Gasteiger partial charge in [-0.3, -0.25) is 4.98 Å². The van der Waals surface area contributed by atoms with Crippen LogP contribution in [0.15, 0.2) is 53.8 Å². The highest BCUT2D eigenvalue weighted by molar-refractivity contribution is 7.89. The summed E-state index contributed by atoms with van der Waals surface area (Å²) in [5, 5.41) is 0.767. The first-order valence-electron chi connectivity index (χ1n) is 8.52. The number of fused-ring (bicyclic) bond motifs is 1. The Labute approximate surface area is 155 Å². The number of aromatic nitrogens is 3. The molecular weight excluding hydrogens is 371 g/mol. The first-order valence-corrected chi connectivity index (χ1v) is 9.96. The largest absolute Gasteiger partial charge is 0.459 e. The first kappa shape index (κ1) is 17.7. The number of benzene rings is 1. The number of hydrogen-bond acceptors (Lipinski definition) is 6. The van der Waals surface area contributed by atoms with Gasteiger partial charge in [0.15, 0.2) is 5.82 Å². The lowest BCUT2D eigenvalue weighted by atomic mass is 10.1. The third kappa shape index (κ3) is 3.60. The number of nitrogens with zero attached hydrogens (tertiary/aromatic N) is 4. The molecule has 3 heterocycles. The molecule has 0 saturated carbocycles. The zero-order chi connectivity index (χ0) is 18.9. The third-order valence-electron chi connectivity index (χ3n) is 4.42. The molecule has 27 heavy (non-hydrogen) atoms. The van der Waals surface area contributed by atoms with E-state index in [1.807, 2.05) is 12.1 Å². The molecule has 0 bridgehead atoms. The number of halogens is 1. The van der Waals surface area contributed by atoms with Crippen molar-refractivity contribution in [1.82, 2.24) is 19.3 Å². The van der Waals surface area contributed by atoms with Crippen LogP contribution in [0.25, 0.3) is 10.9 Å². The summed E-state index contributed by atoms with van der Waals surface area (Å²) in [6, 6.07) is 8.74. The minimum Gasteiger partial charge on any atom is -0.459 e. The molecule has 1 aliphatic rings. The minimum absolute atomic E-state index is 0.0347. The summed E-state index contributed by atoms with van der Waals surface area (Å²) in [6.45, 7) is 0.571. The molecule has 0 spiro atoms. The van der Waals surface area contributed by atoms with Crippen molar-refractivity contribution < 1.29 is 17.5 Å². The van der Waals surface area contributed by atoms with E-state index in [-0.39, 0.29) is 17.5 Å². The summed E-state index contributed by atoms with van der Waals surface area (Å²) in [5.74, 6) is -0.557. The monoisotopic (exact) mass is 388 g/mol. The fraction of sp³-hybridized carbons (Fsp3) is 0.278. The van der Waals surface area contributed by atoms with E-state index in [4.69, 9.17) is 4.74 Å². The van der Waals surface area contributed by atoms with Gasteiger partial charge in [0.2, 0.25) is 10.0 Å². The molecule has 140 valence electrons. The van der Waals surface area contributed by atoms with Crippen LogP contribution in [0.1, 0.15) is 12.8 Å². The van der Waals surface area contributed by atoms with Crippen LogP contribution >= 0.6 is 0 Å². The van der Waals surface area contributed by atoms with E-state index < -0.39 is 21.9 Å². The molecule has 0 N–H and O–H groups in total. The maximum atomic E-state index is 13.2. The highest BCUT2D eigenvalue weighted by Gasteiger charge is 2.32. The van der Waals surface area contributed by atoms with Crippen LogP contribution in [0.5, 0.6) is 6.01 Å². The highest BCUT2D eigenvalue weighted by atomic mass is 32.2. The predicted molar refractivity (Wildman–Crippen MR) is 96.1 cm³/mol. The Morgan fingerprint density at radius 2 is 1.89 bits per heavy atom. The Hall–Kier alpha value is -2.65. The molecule has 1 unspecified atom stereocenters. The van der Waals surface area contributed by atoms with Crippen molar-refractivity contribution in [3.8, 4) is 6.01 Å². The maximum Gasteiger partial charge on any atom is 0.316 e. The molecule has 7 nitrogen and oxygen atoms in total. The fourth-order valence-electron chi connectivity index (χ4n) is 3.15. The van der Waals surface area contributed by atoms with E-state index in [2.05, 4.69) is 15.0 Å². The highest BCUT2D eigenvalue weighted by Crippen LogP contribution is 2.27. The molecule has 1 saturated heterocycles. The smallest absolute Gasteiger partial charge is 0.316 e. The molecule has 0 aliphatic carbocycles. The second kappa shape index (κ2) is 7.16. The molecule has 1 aliphatic heterocycles. The summed E-state index contributed by atoms with van der Waals surface area (Å²) < 4.78 is 46.4. The van der Waals surface area contributed by atoms with Crippen LogP contribution in [-0.4, -0.2) is 46.9 Å². The number of pyridine rings is 1. The van der Waals surface area contributed by atoms with E-state index in [9.17, 15) is 12.8 Å². The van der Waals surface area contributed by atoms with E-state index in [0.717, 1.165) is 17.8 Å². The van der Waals surface area contributed by atoms with Gasteiger partial charge in [-0.15, -0.1) is 0 Å². The average Bonchev–Trinajstić information content (AvgIpc) is 2.69. The molecule has 3 aromatic rings. The number of para-hydroxylation sites is 1. The van der Waals surface area contributed by atoms with Gasteiger partial charge in [0.05, 0.1) is 24.5 Å². The summed E-state index contributed by atoms with van der Waals surface area (Å²) in [7, 11) is -3.73. The lowest BCUT2D eigenvalue weighted by Gasteiger charge is -2.31. The lowest BCUT2D eigenvalue weighted by molar-refractivity contribution is 0.119. The molecule has 9 heteroatoms. The topological polar surface area (TPSA) is 85.3 Å². The van der Waals surface area contributed by atoms with Crippen LogP contribution in [0.2, 0.25) is 0 Å². The van der Waals surface area contributed by atoms with Crippen molar-refractivity contribution >= 4 is 20.9 Å². The van der Waals surface area contributed by atoms with Gasteiger partial charge in [0.1, 0.15) is 11.0 Å². The summed E-state index contributed by atoms with van der Waals surface area (Å²) >= 11 is 0. The maximum absolute atomic E-state index is 13.2. The number of piperidine rings is 1. The molecule has 2 aromatic heterocycles. The molecule has 1 fully saturated rings. The standard InChI is InChI=1S/C18H17FN4O3S/c19-14-10-21-18(22-11-14)26-15-6-3-9-23(12-15)27(24,25)16-7-1-4-13-5-2-8-20-17(13)16/h1-2,4-5,7-8,10-11,15H,3,6,9,12H2. The van der Waals surface area contributed by atoms with Gasteiger partial charge in [-0.1, -0.05) is 18.2 Å². The predicted octanol–water partition coefficient (Wildman–Crippen LogP) is 2.40. The van der Waals surface area contributed by atoms with Gasteiger partial charge in [-0.25, -0.2) is 22.8 Å². The van der Waals surface area contributed by atoms with Gasteiger partial charge < -0.3 is 4.74 Å². The number of hydrogen-bond donors (Lipinski definition) is 0. The Balaban J connectivity index is 1.59. The van der Waals surface area contributed by atoms with Crippen LogP contribution in [0.3, 0.4) is 0 Å². The van der Waals surface area contributed by atoms with Crippen molar-refractivity contribution in [2.45, 2.75) is 23.8 Å². The van der Waals surface area contributed by atoms with Crippen molar-refractivity contribution in [2.75, 3.05) is 13.1 Å². The summed E-state index contributed by atoms with van der Waals surface area (Å²) in [4.78, 5) is 12.0. The minimum atomic E-state index is -3.73. The van der Waals surface area contributed by atoms with E-state index in [1.54, 1.807) is 24.4 Å². The summed E-state index contributed by atoms with van der Waals surface area (Å²) in [6.07, 6.45) is 4.52. The average molecular weight is 388 g/mol. The number of ether oxygens (including phenoxy) is 1. The molecule has 1 atom stereocenters. The van der Waals surface area contributed by atoms with Crippen LogP contribution in [0.4, 0.5) is 4.39 Å². The fourth-order valence-corrected chi connectivity index (χ4v) is 4.83. The molecule has 0 amide bonds. The normalized spacial score (nSPS) is 18.5. The van der Waals surface area contributed by atoms with Crippen molar-refractivity contribution in [2.24, 2.45) is 0 Å². The van der Waals surface area contributed by atoms with E-state index in [1.165, 1.54) is 4.31 Å². The van der Waals surface area contributed by atoms with E-state index >= 15 is 0 Å². The van der Waals surface area contributed by atoms with Gasteiger partial charge in [-0.05, 0) is 25.0 Å². The zero-order valence-corrected chi connectivity index (χ0v) is 15.1. The Morgan fingerprint density at radius 3 is 2.70 bits per heavy atom. The van der Waals surface area contributed by atoms with Crippen LogP contribution < -0.4 is 4.74 Å². The van der Waals surface area contributed by atoms with Crippen LogP contribution in [0, 0.1) is 5.82 Å². The van der Waals surface area contributed by atoms with Gasteiger partial charge in [-0.2, -0.15) is 4.31 Å². The van der Waals surface area contributed by atoms with Gasteiger partial charge >= 0.3 is 6.01 Å². The Morgan fingerprint density at radius 1 is 1.11 bits per heavy atom. The van der Waals surface area contributed by atoms with Gasteiger partial charge in [0.25, 0.3) is 0 Å². The second-order valence-electron chi connectivity index (χ2n) is 6.26. The molecule has 4 rings (SSSR count). The number of rotatable bonds is 4. The number of sulfonamides is 1. The molecule has 1 aromatic carbocycles. The zero-order valence-electron chi connectivity index (χ0n) is 14.3. The second-order valence-corrected chi connectivity index (χ2v) is 8.17. The van der Waals surface area contributed by atoms with E-state index in [0.29, 0.717) is 24.9 Å². The van der Waals surface area contributed by atoms with Crippen molar-refractivity contribution in [3.63, 3.8) is 0 Å². The molecule has 0 radical (unpaired) electrons. The SMILES string of the molecule is O=S(=O)(c1cccc2cccnc12)N1CCCC(Oc2ncc(F)cn2)C1. The third-order valence-corrected chi connectivity index (χ3v) is 6.32. The summed E-state index contributed by atoms with van der Waals surface area (Å²) in [5.41, 5.74) is 0.449. The van der Waals surface area contributed by atoms with Crippen LogP contribution in [-0.2, 0) is 10.0 Å². The molecular formula is C18H17FN4O3S. The first-order chi connectivity index (χ1) is 13.0. The van der Waals surface area contributed by atoms with Crippen molar-refractivity contribution in [3.05, 3.63) is 54.7 Å². The quantitative estimate of drug-likeness (QED) is 0.682.